The number of hydrogen-bond donors (Lipinski definition) is 3. The minimum atomic E-state index is -4.91. The molecule has 4 unspecified atom stereocenters. The first-order valence-electron chi connectivity index (χ1n) is 19.9. The molecule has 3 aliphatic rings. The second-order valence-electron chi connectivity index (χ2n) is 17.1. The van der Waals surface area contributed by atoms with Gasteiger partial charge in [-0.25, -0.2) is 9.59 Å². The summed E-state index contributed by atoms with van der Waals surface area (Å²) in [7, 11) is 1.84. The average molecular weight is 925 g/mol. The number of halogens is 12. The van der Waals surface area contributed by atoms with Gasteiger partial charge in [-0.1, -0.05) is 0 Å². The molecule has 2 amide bonds. The van der Waals surface area contributed by atoms with E-state index in [4.69, 9.17) is 24.7 Å². The number of alkyl carbamates (subject to hydrolysis) is 1. The zero-order chi connectivity index (χ0) is 47.7. The number of carbonyl (C=O) groups is 2. The Morgan fingerprint density at radius 1 is 0.778 bits per heavy atom. The molecule has 5 rings (SSSR count). The van der Waals surface area contributed by atoms with Crippen molar-refractivity contribution in [2.75, 3.05) is 33.4 Å². The molecule has 4 N–H and O–H groups in total. The van der Waals surface area contributed by atoms with Crippen LogP contribution in [0, 0.1) is 5.92 Å². The van der Waals surface area contributed by atoms with Crippen LogP contribution in [0.25, 0.3) is 0 Å². The van der Waals surface area contributed by atoms with Crippen molar-refractivity contribution >= 4 is 12.2 Å². The number of likely N-dealkylation sites (tertiary alicyclic amines) is 1. The Morgan fingerprint density at radius 2 is 1.22 bits per heavy atom. The minimum absolute atomic E-state index is 0.0378. The lowest BCUT2D eigenvalue weighted by Gasteiger charge is -2.46. The molecule has 2 aromatic carbocycles. The molecule has 22 heteroatoms. The smallest absolute Gasteiger partial charge is 0.416 e. The Kier molecular flexibility index (Phi) is 15.4. The van der Waals surface area contributed by atoms with Crippen molar-refractivity contribution in [2.24, 2.45) is 11.7 Å². The first kappa shape index (κ1) is 51.6. The summed E-state index contributed by atoms with van der Waals surface area (Å²) in [5.74, 6) is 0.0378. The molecule has 3 heterocycles. The van der Waals surface area contributed by atoms with Gasteiger partial charge in [0.1, 0.15) is 12.2 Å². The number of ether oxygens (including phenoxy) is 4. The van der Waals surface area contributed by atoms with Crippen LogP contribution in [-0.4, -0.2) is 79.3 Å². The summed E-state index contributed by atoms with van der Waals surface area (Å²) < 4.78 is 179. The van der Waals surface area contributed by atoms with E-state index in [0.29, 0.717) is 63.0 Å². The molecule has 3 fully saturated rings. The fourth-order valence-electron chi connectivity index (χ4n) is 7.66. The van der Waals surface area contributed by atoms with Gasteiger partial charge in [0.05, 0.1) is 53.2 Å². The number of alkyl halides is 12. The number of primary amides is 1. The largest absolute Gasteiger partial charge is 0.446 e. The van der Waals surface area contributed by atoms with Crippen LogP contribution in [-0.2, 0) is 43.7 Å². The summed E-state index contributed by atoms with van der Waals surface area (Å²) in [4.78, 5) is 24.5. The summed E-state index contributed by atoms with van der Waals surface area (Å²) >= 11 is 0. The van der Waals surface area contributed by atoms with E-state index in [1.54, 1.807) is 13.8 Å². The first-order chi connectivity index (χ1) is 28.7. The third-order valence-electron chi connectivity index (χ3n) is 12.3. The highest BCUT2D eigenvalue weighted by Crippen LogP contribution is 2.41. The molecule has 0 radical (unpaired) electrons. The lowest BCUT2D eigenvalue weighted by atomic mass is 9.78. The van der Waals surface area contributed by atoms with E-state index in [9.17, 15) is 62.3 Å². The van der Waals surface area contributed by atoms with Crippen LogP contribution in [0.5, 0.6) is 0 Å². The molecule has 0 aromatic heterocycles. The van der Waals surface area contributed by atoms with E-state index in [-0.39, 0.29) is 54.6 Å². The van der Waals surface area contributed by atoms with Crippen molar-refractivity contribution in [1.82, 2.24) is 15.5 Å². The third kappa shape index (κ3) is 13.3. The van der Waals surface area contributed by atoms with Gasteiger partial charge in [0.15, 0.2) is 0 Å². The Hall–Kier alpha value is -4.02. The second-order valence-corrected chi connectivity index (χ2v) is 17.1. The van der Waals surface area contributed by atoms with Crippen LogP contribution in [0.3, 0.4) is 0 Å². The molecule has 3 aliphatic heterocycles. The molecular formula is C41H52F12N4O6. The van der Waals surface area contributed by atoms with Gasteiger partial charge in [0, 0.05) is 30.1 Å². The number of carbonyl (C=O) groups excluding carboxylic acids is 2. The fourth-order valence-corrected chi connectivity index (χ4v) is 7.66. The third-order valence-corrected chi connectivity index (χ3v) is 12.3. The maximum atomic E-state index is 13.1. The van der Waals surface area contributed by atoms with Crippen molar-refractivity contribution in [2.45, 2.75) is 133 Å². The number of hydrogen-bond acceptors (Lipinski definition) is 8. The van der Waals surface area contributed by atoms with Gasteiger partial charge >= 0.3 is 36.9 Å². The first-order valence-corrected chi connectivity index (χ1v) is 19.9. The predicted molar refractivity (Wildman–Crippen MR) is 203 cm³/mol. The molecule has 63 heavy (non-hydrogen) atoms. The maximum absolute atomic E-state index is 13.1. The number of cyclic esters (lactones) is 1. The fraction of sp³-hybridized carbons (Fsp3) is 0.659. The van der Waals surface area contributed by atoms with Gasteiger partial charge in [-0.3, -0.25) is 4.90 Å². The monoisotopic (exact) mass is 924 g/mol. The predicted octanol–water partition coefficient (Wildman–Crippen LogP) is 10.2. The molecule has 1 spiro atoms. The van der Waals surface area contributed by atoms with Gasteiger partial charge in [-0.2, -0.15) is 52.7 Å². The van der Waals surface area contributed by atoms with E-state index >= 15 is 0 Å². The molecule has 3 saturated heterocycles. The van der Waals surface area contributed by atoms with Gasteiger partial charge < -0.3 is 35.3 Å². The minimum Gasteiger partial charge on any atom is -0.446 e. The second kappa shape index (κ2) is 18.8. The standard InChI is InChI=1S/C21H28F6N2O3.C20H24F6N2O3/c1-12(15-7-16(20(22,23)24)9-17(8-15)21(25,26)27)31-11-19(3)6-5-14(10-29(19)4)13(2)32-18(28)30;1-11(13-6-14(19(21,22)23)8-15(7-13)20(24,25)26)30-10-17(3)4-5-18(9-27-17)12(2)31-16(29)28-18/h7-9,12-14H,5-6,10-11H2,1-4H3,(H2,28,30);6-8,11-12,27H,4-5,9-10H2,1-3H3,(H,28,29)/t12-,13?,14?,19-;11-,12?,17-,18?/m11/s1. The topological polar surface area (TPSA) is 124 Å². The van der Waals surface area contributed by atoms with Crippen molar-refractivity contribution in [3.05, 3.63) is 69.8 Å². The van der Waals surface area contributed by atoms with Crippen molar-refractivity contribution in [1.29, 1.82) is 0 Å². The van der Waals surface area contributed by atoms with Gasteiger partial charge in [0.25, 0.3) is 0 Å². The maximum Gasteiger partial charge on any atom is 0.416 e. The number of nitrogens with one attached hydrogen (secondary N) is 2. The van der Waals surface area contributed by atoms with Gasteiger partial charge in [-0.15, -0.1) is 0 Å². The summed E-state index contributed by atoms with van der Waals surface area (Å²) in [6, 6.07) is 2.93. The van der Waals surface area contributed by atoms with Crippen molar-refractivity contribution in [3.63, 3.8) is 0 Å². The van der Waals surface area contributed by atoms with E-state index in [2.05, 4.69) is 10.6 Å². The highest BCUT2D eigenvalue weighted by atomic mass is 19.4. The molecule has 10 nitrogen and oxygen atoms in total. The van der Waals surface area contributed by atoms with Crippen LogP contribution in [0.15, 0.2) is 36.4 Å². The van der Waals surface area contributed by atoms with Crippen LogP contribution in [0.1, 0.15) is 113 Å². The number of piperidine rings is 2. The molecule has 2 aromatic rings. The number of amides is 2. The summed E-state index contributed by atoms with van der Waals surface area (Å²) in [5, 5.41) is 6.09. The quantitative estimate of drug-likeness (QED) is 0.201. The Labute approximate surface area is 356 Å². The number of likely N-dealkylation sites (N-methyl/N-ethyl adjacent to an activating group) is 1. The summed E-state index contributed by atoms with van der Waals surface area (Å²) in [6.07, 6.45) is -21.2. The number of benzene rings is 2. The van der Waals surface area contributed by atoms with Gasteiger partial charge in [0.2, 0.25) is 0 Å². The highest BCUT2D eigenvalue weighted by Gasteiger charge is 2.50. The Balaban J connectivity index is 0.000000277. The lowest BCUT2D eigenvalue weighted by molar-refractivity contribution is -0.145. The molecule has 0 bridgehead atoms. The SMILES string of the molecule is CC(OC(N)=O)C1CC[C@](C)(CO[C@H](C)c2cc(C(F)(F)F)cc(C(F)(F)F)c2)N(C)C1.CC1OC(=O)NC12CC[C@](C)(CO[C@H](C)c1cc(C(F)(F)F)cc(C(F)(F)F)c1)NC2. The van der Waals surface area contributed by atoms with Crippen LogP contribution >= 0.6 is 0 Å². The highest BCUT2D eigenvalue weighted by molar-refractivity contribution is 5.71. The number of rotatable bonds is 10. The lowest BCUT2D eigenvalue weighted by Crippen LogP contribution is -2.65. The van der Waals surface area contributed by atoms with E-state index in [1.165, 1.54) is 13.8 Å². The zero-order valence-electron chi connectivity index (χ0n) is 35.5. The normalized spacial score (nSPS) is 27.4. The van der Waals surface area contributed by atoms with Crippen LogP contribution in [0.4, 0.5) is 62.3 Å². The van der Waals surface area contributed by atoms with Crippen molar-refractivity contribution < 1.29 is 81.2 Å². The zero-order valence-corrected chi connectivity index (χ0v) is 35.5. The van der Waals surface area contributed by atoms with Crippen molar-refractivity contribution in [3.8, 4) is 0 Å². The number of nitrogens with two attached hydrogens (primary N) is 1. The summed E-state index contributed by atoms with van der Waals surface area (Å²) in [5.41, 5.74) is -2.44. The molecule has 356 valence electrons. The van der Waals surface area contributed by atoms with Gasteiger partial charge in [-0.05, 0) is 122 Å². The average Bonchev–Trinajstić information content (AvgIpc) is 3.45. The van der Waals surface area contributed by atoms with Crippen LogP contribution in [0.2, 0.25) is 0 Å². The molecular weight excluding hydrogens is 872 g/mol. The number of nitrogens with zero attached hydrogens (tertiary/aromatic N) is 1. The van der Waals surface area contributed by atoms with Crippen LogP contribution < -0.4 is 16.4 Å². The van der Waals surface area contributed by atoms with E-state index in [1.807, 2.05) is 25.8 Å². The Bertz CT molecular complexity index is 1850. The molecule has 8 atom stereocenters. The Morgan fingerprint density at radius 3 is 1.57 bits per heavy atom. The van der Waals surface area contributed by atoms with E-state index < -0.39 is 88.0 Å². The summed E-state index contributed by atoms with van der Waals surface area (Å²) in [6.45, 7) is 11.2. The molecule has 0 saturated carbocycles. The van der Waals surface area contributed by atoms with E-state index in [0.717, 1.165) is 0 Å². The molecule has 0 aliphatic carbocycles.